The molecular weight excluding hydrogens is 767 g/mol. The fraction of sp³-hybridized carbons (Fsp3) is 0.391. The lowest BCUT2D eigenvalue weighted by atomic mass is 9.96. The Bertz CT molecular complexity index is 2150. The summed E-state index contributed by atoms with van der Waals surface area (Å²) in [5, 5.41) is 31.6. The first kappa shape index (κ1) is 41.3. The zero-order valence-corrected chi connectivity index (χ0v) is 34.4. The molecule has 5 aromatic rings. The van der Waals surface area contributed by atoms with Gasteiger partial charge in [-0.25, -0.2) is 0 Å². The van der Waals surface area contributed by atoms with Crippen molar-refractivity contribution in [2.45, 2.75) is 100 Å². The number of rotatable bonds is 14. The predicted octanol–water partition coefficient (Wildman–Crippen LogP) is 6.15. The molecular formula is C46H51N3O9Si. The van der Waals surface area contributed by atoms with Crippen molar-refractivity contribution in [3.8, 4) is 0 Å². The van der Waals surface area contributed by atoms with Crippen molar-refractivity contribution in [3.05, 3.63) is 155 Å². The van der Waals surface area contributed by atoms with Gasteiger partial charge in [0.25, 0.3) is 8.32 Å². The number of ether oxygens (including phenoxy) is 6. The molecule has 0 amide bonds. The minimum Gasteiger partial charge on any atom is -0.405 e. The van der Waals surface area contributed by atoms with Gasteiger partial charge in [0, 0.05) is 4.91 Å². The molecule has 5 aromatic carbocycles. The predicted molar refractivity (Wildman–Crippen MR) is 224 cm³/mol. The van der Waals surface area contributed by atoms with Crippen LogP contribution in [0, 0.1) is 0 Å². The third-order valence-electron chi connectivity index (χ3n) is 11.6. The van der Waals surface area contributed by atoms with Crippen molar-refractivity contribution in [1.82, 2.24) is 0 Å². The number of aliphatic hydroxyl groups is 2. The van der Waals surface area contributed by atoms with Gasteiger partial charge in [-0.15, -0.1) is 0 Å². The Hall–Kier alpha value is -4.47. The molecule has 59 heavy (non-hydrogen) atoms. The van der Waals surface area contributed by atoms with Gasteiger partial charge in [-0.3, -0.25) is 0 Å². The minimum absolute atomic E-state index is 0.00190. The van der Waals surface area contributed by atoms with E-state index in [1.54, 1.807) is 0 Å². The summed E-state index contributed by atoms with van der Waals surface area (Å²) < 4.78 is 45.6. The highest BCUT2D eigenvalue weighted by atomic mass is 28.4. The van der Waals surface area contributed by atoms with E-state index in [1.807, 2.05) is 103 Å². The van der Waals surface area contributed by atoms with E-state index in [-0.39, 0.29) is 31.5 Å². The third kappa shape index (κ3) is 8.60. The van der Waals surface area contributed by atoms with Crippen molar-refractivity contribution in [3.63, 3.8) is 0 Å². The molecule has 12 nitrogen and oxygen atoms in total. The maximum absolute atomic E-state index is 12.3. The SMILES string of the molecule is CC(C)(C)[Si](OC[C@H]1O[C@@H](O[C@@H]2[C@@H](OCc3ccccc3)[C@H](O)[C@@H]3OC[C@H]2O3)[C@@H](N=[N+]=[N-])[C@@H](O)[C@@H]1OCc1ccc2ccccc2c1)(c1ccccc1)c1ccccc1. The Labute approximate surface area is 345 Å². The molecule has 3 fully saturated rings. The molecule has 3 aliphatic rings. The van der Waals surface area contributed by atoms with Gasteiger partial charge >= 0.3 is 0 Å². The van der Waals surface area contributed by atoms with Crippen molar-refractivity contribution in [2.24, 2.45) is 5.11 Å². The fourth-order valence-electron chi connectivity index (χ4n) is 8.66. The third-order valence-corrected chi connectivity index (χ3v) is 16.6. The average molecular weight is 818 g/mol. The minimum atomic E-state index is -3.10. The Balaban J connectivity index is 1.13. The number of hydrogen-bond donors (Lipinski definition) is 2. The van der Waals surface area contributed by atoms with Crippen molar-refractivity contribution >= 4 is 29.5 Å². The summed E-state index contributed by atoms with van der Waals surface area (Å²) >= 11 is 0. The molecule has 0 aliphatic carbocycles. The van der Waals surface area contributed by atoms with E-state index in [4.69, 9.17) is 32.8 Å². The average Bonchev–Trinajstić information content (AvgIpc) is 3.71. The molecule has 308 valence electrons. The maximum Gasteiger partial charge on any atom is 0.261 e. The van der Waals surface area contributed by atoms with E-state index in [0.717, 1.165) is 32.3 Å². The summed E-state index contributed by atoms with van der Waals surface area (Å²) in [6, 6.07) is 43.0. The highest BCUT2D eigenvalue weighted by molar-refractivity contribution is 6.99. The summed E-state index contributed by atoms with van der Waals surface area (Å²) in [5.74, 6) is 0. The van der Waals surface area contributed by atoms with E-state index in [1.165, 1.54) is 0 Å². The van der Waals surface area contributed by atoms with E-state index >= 15 is 0 Å². The molecule has 2 bridgehead atoms. The molecule has 2 N–H and O–H groups in total. The molecule has 0 saturated carbocycles. The lowest BCUT2D eigenvalue weighted by Gasteiger charge is -2.48. The van der Waals surface area contributed by atoms with Crippen LogP contribution in [-0.4, -0.2) is 93.1 Å². The van der Waals surface area contributed by atoms with Gasteiger partial charge < -0.3 is 43.1 Å². The standard InChI is InChI=1S/C46H51N3O9Si/c1-46(2,3)59(34-19-9-5-10-20-34,35-21-11-6-12-22-35)55-29-37-41(52-27-31-23-24-32-17-13-14-18-33(32)25-31)39(50)38(48-49-47)44(56-37)58-42-36-28-54-45(57-36)40(51)43(42)53-26-30-15-7-4-8-16-30/h4-25,36-45,50-51H,26-29H2,1-3H3/t36-,37-,38+,39-,40+,41-,42+,43+,44+,45-/m1/s1. The van der Waals surface area contributed by atoms with Crippen LogP contribution in [0.2, 0.25) is 5.04 Å². The highest BCUT2D eigenvalue weighted by Gasteiger charge is 2.56. The first-order valence-corrected chi connectivity index (χ1v) is 22.1. The Morgan fingerprint density at radius 1 is 0.712 bits per heavy atom. The Morgan fingerprint density at radius 2 is 1.32 bits per heavy atom. The summed E-state index contributed by atoms with van der Waals surface area (Å²) in [4.78, 5) is 3.11. The maximum atomic E-state index is 12.3. The molecule has 10 atom stereocenters. The zero-order chi connectivity index (χ0) is 41.0. The number of azide groups is 1. The van der Waals surface area contributed by atoms with E-state index in [0.29, 0.717) is 0 Å². The first-order chi connectivity index (χ1) is 28.7. The zero-order valence-electron chi connectivity index (χ0n) is 33.4. The summed E-state index contributed by atoms with van der Waals surface area (Å²) in [7, 11) is -3.10. The monoisotopic (exact) mass is 817 g/mol. The lowest BCUT2D eigenvalue weighted by molar-refractivity contribution is -0.323. The Kier molecular flexibility index (Phi) is 12.6. The van der Waals surface area contributed by atoms with Crippen molar-refractivity contribution < 1.29 is 43.1 Å². The van der Waals surface area contributed by atoms with Crippen LogP contribution in [-0.2, 0) is 46.1 Å². The smallest absolute Gasteiger partial charge is 0.261 e. The lowest BCUT2D eigenvalue weighted by Crippen LogP contribution is -2.68. The second-order valence-corrected chi connectivity index (χ2v) is 20.7. The van der Waals surface area contributed by atoms with Crippen LogP contribution in [0.25, 0.3) is 21.2 Å². The normalized spacial score (nSPS) is 28.3. The molecule has 13 heteroatoms. The summed E-state index contributed by atoms with van der Waals surface area (Å²) in [6.07, 6.45) is -9.16. The molecule has 3 heterocycles. The molecule has 0 aromatic heterocycles. The quantitative estimate of drug-likeness (QED) is 0.0582. The Morgan fingerprint density at radius 3 is 1.98 bits per heavy atom. The van der Waals surface area contributed by atoms with Crippen LogP contribution in [0.1, 0.15) is 31.9 Å². The number of fused-ring (bicyclic) bond motifs is 3. The van der Waals surface area contributed by atoms with E-state index in [2.05, 4.69) is 61.1 Å². The van der Waals surface area contributed by atoms with Crippen LogP contribution >= 0.6 is 0 Å². The molecule has 0 spiro atoms. The fourth-order valence-corrected chi connectivity index (χ4v) is 13.2. The van der Waals surface area contributed by atoms with Crippen molar-refractivity contribution in [1.29, 1.82) is 0 Å². The van der Waals surface area contributed by atoms with Gasteiger partial charge in [-0.05, 0) is 48.9 Å². The second-order valence-electron chi connectivity index (χ2n) is 16.4. The number of benzene rings is 5. The second kappa shape index (κ2) is 18.0. The first-order valence-electron chi connectivity index (χ1n) is 20.1. The highest BCUT2D eigenvalue weighted by Crippen LogP contribution is 2.39. The van der Waals surface area contributed by atoms with Crippen LogP contribution in [0.4, 0.5) is 0 Å². The summed E-state index contributed by atoms with van der Waals surface area (Å²) in [6.45, 7) is 7.03. The van der Waals surface area contributed by atoms with E-state index < -0.39 is 69.7 Å². The van der Waals surface area contributed by atoms with Crippen LogP contribution in [0.5, 0.6) is 0 Å². The van der Waals surface area contributed by atoms with Gasteiger partial charge in [0.2, 0.25) is 0 Å². The number of nitrogens with zero attached hydrogens (tertiary/aromatic N) is 3. The van der Waals surface area contributed by atoms with Crippen molar-refractivity contribution in [2.75, 3.05) is 13.2 Å². The van der Waals surface area contributed by atoms with Gasteiger partial charge in [-0.2, -0.15) is 0 Å². The van der Waals surface area contributed by atoms with E-state index in [9.17, 15) is 15.7 Å². The van der Waals surface area contributed by atoms with Gasteiger partial charge in [0.05, 0.1) is 32.5 Å². The van der Waals surface area contributed by atoms with Crippen LogP contribution < -0.4 is 10.4 Å². The summed E-state index contributed by atoms with van der Waals surface area (Å²) in [5.41, 5.74) is 11.6. The van der Waals surface area contributed by atoms with Gasteiger partial charge in [-0.1, -0.05) is 153 Å². The van der Waals surface area contributed by atoms with Gasteiger partial charge in [0.15, 0.2) is 12.6 Å². The molecule has 3 saturated heterocycles. The van der Waals surface area contributed by atoms with Crippen LogP contribution in [0.15, 0.2) is 139 Å². The largest absolute Gasteiger partial charge is 0.405 e. The number of aliphatic hydroxyl groups excluding tert-OH is 2. The molecule has 0 radical (unpaired) electrons. The molecule has 3 aliphatic heterocycles. The van der Waals surface area contributed by atoms with Gasteiger partial charge in [0.1, 0.15) is 42.7 Å². The van der Waals surface area contributed by atoms with Crippen LogP contribution in [0.3, 0.4) is 0 Å². The molecule has 0 unspecified atom stereocenters. The topological polar surface area (TPSA) is 154 Å². The molecule has 8 rings (SSSR count). The number of hydrogen-bond acceptors (Lipinski definition) is 10.